The van der Waals surface area contributed by atoms with Gasteiger partial charge in [-0.2, -0.15) is 0 Å². The summed E-state index contributed by atoms with van der Waals surface area (Å²) in [5.41, 5.74) is 9.92. The van der Waals surface area contributed by atoms with Crippen molar-refractivity contribution in [3.05, 3.63) is 29.3 Å². The van der Waals surface area contributed by atoms with Gasteiger partial charge in [0.15, 0.2) is 0 Å². The van der Waals surface area contributed by atoms with Crippen LogP contribution in [0.15, 0.2) is 18.2 Å². The van der Waals surface area contributed by atoms with Gasteiger partial charge in [-0.3, -0.25) is 0 Å². The summed E-state index contributed by atoms with van der Waals surface area (Å²) in [7, 11) is 1.82. The van der Waals surface area contributed by atoms with Gasteiger partial charge in [0, 0.05) is 11.6 Å². The van der Waals surface area contributed by atoms with Crippen LogP contribution in [0.5, 0.6) is 5.75 Å². The van der Waals surface area contributed by atoms with E-state index in [1.807, 2.05) is 7.11 Å². The average Bonchev–Trinajstić information content (AvgIpc) is 2.82. The Labute approximate surface area is 128 Å². The number of nitrogens with two attached hydrogens (primary N) is 1. The lowest BCUT2D eigenvalue weighted by atomic mass is 9.55. The Hall–Kier alpha value is -1.02. The lowest BCUT2D eigenvalue weighted by molar-refractivity contribution is 0.0488. The highest BCUT2D eigenvalue weighted by Crippen LogP contribution is 2.61. The molecule has 0 amide bonds. The van der Waals surface area contributed by atoms with Gasteiger partial charge in [0.2, 0.25) is 0 Å². The highest BCUT2D eigenvalue weighted by molar-refractivity contribution is 5.45. The molecular weight excluding hydrogens is 258 g/mol. The first-order chi connectivity index (χ1) is 10.1. The lowest BCUT2D eigenvalue weighted by Crippen LogP contribution is -2.46. The minimum absolute atomic E-state index is 0.390. The van der Waals surface area contributed by atoms with E-state index in [4.69, 9.17) is 10.5 Å². The number of rotatable bonds is 1. The Morgan fingerprint density at radius 3 is 2.86 bits per heavy atom. The molecule has 4 rings (SSSR count). The quantitative estimate of drug-likeness (QED) is 0.850. The number of fused-ring (bicyclic) bond motifs is 5. The van der Waals surface area contributed by atoms with Gasteiger partial charge in [-0.1, -0.05) is 19.1 Å². The van der Waals surface area contributed by atoms with Crippen molar-refractivity contribution in [3.8, 4) is 5.75 Å². The highest BCUT2D eigenvalue weighted by atomic mass is 16.5. The molecule has 2 N–H and O–H groups in total. The van der Waals surface area contributed by atoms with Gasteiger partial charge in [0.25, 0.3) is 0 Å². The van der Waals surface area contributed by atoms with E-state index in [0.29, 0.717) is 17.4 Å². The summed E-state index contributed by atoms with van der Waals surface area (Å²) < 4.78 is 5.69. The molecule has 3 aliphatic rings. The van der Waals surface area contributed by atoms with Crippen molar-refractivity contribution >= 4 is 0 Å². The first-order valence-corrected chi connectivity index (χ1v) is 8.56. The van der Waals surface area contributed by atoms with Crippen molar-refractivity contribution in [2.75, 3.05) is 7.11 Å². The molecule has 0 spiro atoms. The monoisotopic (exact) mass is 285 g/mol. The topological polar surface area (TPSA) is 35.2 Å². The van der Waals surface area contributed by atoms with Gasteiger partial charge in [-0.15, -0.1) is 0 Å². The number of benzene rings is 1. The minimum atomic E-state index is 0.390. The number of methoxy groups -OCH3 is 1. The van der Waals surface area contributed by atoms with E-state index in [9.17, 15) is 0 Å². The summed E-state index contributed by atoms with van der Waals surface area (Å²) >= 11 is 0. The van der Waals surface area contributed by atoms with E-state index in [1.165, 1.54) is 49.7 Å². The molecule has 114 valence electrons. The molecule has 2 fully saturated rings. The smallest absolute Gasteiger partial charge is 0.122 e. The van der Waals surface area contributed by atoms with Gasteiger partial charge in [0.1, 0.15) is 5.75 Å². The van der Waals surface area contributed by atoms with Gasteiger partial charge in [0.05, 0.1) is 7.11 Å². The fraction of sp³-hybridized carbons (Fsp3) is 0.684. The third-order valence-electron chi connectivity index (χ3n) is 7.00. The molecule has 5 atom stereocenters. The SMILES string of the molecule is COc1cccc2c1[C@H]1CC[C@]3(C)[C@@H](N)CC[C@H]3[C@@H]1CC2. The molecule has 3 aliphatic carbocycles. The maximum Gasteiger partial charge on any atom is 0.122 e. The van der Waals surface area contributed by atoms with Crippen molar-refractivity contribution in [1.29, 1.82) is 0 Å². The molecule has 21 heavy (non-hydrogen) atoms. The van der Waals surface area contributed by atoms with Crippen LogP contribution in [0.4, 0.5) is 0 Å². The largest absolute Gasteiger partial charge is 0.496 e. The summed E-state index contributed by atoms with van der Waals surface area (Å²) in [5, 5.41) is 0. The first-order valence-electron chi connectivity index (χ1n) is 8.56. The molecule has 2 heteroatoms. The molecular formula is C19H27NO. The molecule has 0 aliphatic heterocycles. The zero-order chi connectivity index (χ0) is 14.6. The Morgan fingerprint density at radius 2 is 2.05 bits per heavy atom. The second-order valence-corrected chi connectivity index (χ2v) is 7.68. The van der Waals surface area contributed by atoms with Crippen LogP contribution in [0.2, 0.25) is 0 Å². The van der Waals surface area contributed by atoms with Crippen LogP contribution in [0.3, 0.4) is 0 Å². The molecule has 1 aromatic carbocycles. The van der Waals surface area contributed by atoms with Crippen molar-refractivity contribution in [3.63, 3.8) is 0 Å². The average molecular weight is 285 g/mol. The lowest BCUT2D eigenvalue weighted by Gasteiger charge is -2.50. The molecule has 0 heterocycles. The maximum absolute atomic E-state index is 6.47. The van der Waals surface area contributed by atoms with Crippen molar-refractivity contribution in [2.45, 2.75) is 57.4 Å². The molecule has 1 aromatic rings. The third-order valence-corrected chi connectivity index (χ3v) is 7.00. The number of hydrogen-bond acceptors (Lipinski definition) is 2. The van der Waals surface area contributed by atoms with E-state index < -0.39 is 0 Å². The minimum Gasteiger partial charge on any atom is -0.496 e. The van der Waals surface area contributed by atoms with Gasteiger partial charge < -0.3 is 10.5 Å². The zero-order valence-corrected chi connectivity index (χ0v) is 13.3. The molecule has 0 radical (unpaired) electrons. The molecule has 0 bridgehead atoms. The zero-order valence-electron chi connectivity index (χ0n) is 13.3. The van der Waals surface area contributed by atoms with Gasteiger partial charge in [-0.05, 0) is 73.3 Å². The van der Waals surface area contributed by atoms with Crippen molar-refractivity contribution in [2.24, 2.45) is 23.0 Å². The standard InChI is InChI=1S/C19H27NO/c1-19-11-10-14-13(15(19)8-9-17(19)20)7-6-12-4-3-5-16(21-2)18(12)14/h3-5,13-15,17H,6-11,20H2,1-2H3/t13-,14+,15+,17+,19+/m1/s1. The van der Waals surface area contributed by atoms with Crippen LogP contribution in [0.1, 0.15) is 56.1 Å². The molecule has 0 unspecified atom stereocenters. The molecule has 2 saturated carbocycles. The van der Waals surface area contributed by atoms with Crippen LogP contribution in [0, 0.1) is 17.3 Å². The van der Waals surface area contributed by atoms with Crippen LogP contribution in [-0.2, 0) is 6.42 Å². The summed E-state index contributed by atoms with van der Waals surface area (Å²) in [4.78, 5) is 0. The first kappa shape index (κ1) is 13.6. The van der Waals surface area contributed by atoms with Crippen LogP contribution in [-0.4, -0.2) is 13.2 Å². The summed E-state index contributed by atoms with van der Waals surface area (Å²) in [6.45, 7) is 2.46. The van der Waals surface area contributed by atoms with E-state index in [2.05, 4.69) is 25.1 Å². The highest BCUT2D eigenvalue weighted by Gasteiger charge is 2.54. The van der Waals surface area contributed by atoms with Crippen LogP contribution >= 0.6 is 0 Å². The number of hydrogen-bond donors (Lipinski definition) is 1. The fourth-order valence-electron chi connectivity index (χ4n) is 5.82. The molecule has 0 aromatic heterocycles. The van der Waals surface area contributed by atoms with Gasteiger partial charge in [-0.25, -0.2) is 0 Å². The second-order valence-electron chi connectivity index (χ2n) is 7.68. The van der Waals surface area contributed by atoms with E-state index >= 15 is 0 Å². The van der Waals surface area contributed by atoms with Crippen molar-refractivity contribution in [1.82, 2.24) is 0 Å². The second kappa shape index (κ2) is 4.74. The Morgan fingerprint density at radius 1 is 1.19 bits per heavy atom. The van der Waals surface area contributed by atoms with Crippen LogP contribution < -0.4 is 10.5 Å². The third kappa shape index (κ3) is 1.81. The molecule has 0 saturated heterocycles. The molecule has 2 nitrogen and oxygen atoms in total. The predicted octanol–water partition coefficient (Wildman–Crippen LogP) is 3.88. The summed E-state index contributed by atoms with van der Waals surface area (Å²) in [5.74, 6) is 3.46. The number of aryl methyl sites for hydroxylation is 1. The Balaban J connectivity index is 1.75. The summed E-state index contributed by atoms with van der Waals surface area (Å²) in [6.07, 6.45) is 7.70. The normalized spacial score (nSPS) is 41.1. The van der Waals surface area contributed by atoms with Gasteiger partial charge >= 0.3 is 0 Å². The fourth-order valence-corrected chi connectivity index (χ4v) is 5.82. The van der Waals surface area contributed by atoms with Crippen LogP contribution in [0.25, 0.3) is 0 Å². The maximum atomic E-state index is 6.47. The number of ether oxygens (including phenoxy) is 1. The van der Waals surface area contributed by atoms with E-state index in [1.54, 1.807) is 0 Å². The van der Waals surface area contributed by atoms with E-state index in [-0.39, 0.29) is 0 Å². The summed E-state index contributed by atoms with van der Waals surface area (Å²) in [6, 6.07) is 7.02. The Bertz CT molecular complexity index is 540. The van der Waals surface area contributed by atoms with E-state index in [0.717, 1.165) is 17.6 Å². The van der Waals surface area contributed by atoms with Crippen molar-refractivity contribution < 1.29 is 4.74 Å². The predicted molar refractivity (Wildman–Crippen MR) is 85.6 cm³/mol. The Kier molecular flexibility index (Phi) is 3.08.